The SMILES string of the molecule is Cc1ccc([C@H]2[C@H](C(=O)N3CCCC3)CC(=O)N2C)cc1. The molecule has 0 unspecified atom stereocenters. The summed E-state index contributed by atoms with van der Waals surface area (Å²) in [6.45, 7) is 3.72. The van der Waals surface area contributed by atoms with Crippen LogP contribution in [0.5, 0.6) is 0 Å². The third-order valence-corrected chi connectivity index (χ3v) is 4.74. The van der Waals surface area contributed by atoms with Gasteiger partial charge in [-0.15, -0.1) is 0 Å². The topological polar surface area (TPSA) is 40.6 Å². The van der Waals surface area contributed by atoms with E-state index in [0.29, 0.717) is 6.42 Å². The van der Waals surface area contributed by atoms with Gasteiger partial charge in [-0.3, -0.25) is 9.59 Å². The fourth-order valence-corrected chi connectivity index (χ4v) is 3.48. The van der Waals surface area contributed by atoms with Crippen molar-refractivity contribution in [1.82, 2.24) is 9.80 Å². The van der Waals surface area contributed by atoms with Crippen molar-refractivity contribution in [2.75, 3.05) is 20.1 Å². The van der Waals surface area contributed by atoms with E-state index in [1.165, 1.54) is 5.56 Å². The van der Waals surface area contributed by atoms with Crippen molar-refractivity contribution in [2.45, 2.75) is 32.2 Å². The number of hydrogen-bond donors (Lipinski definition) is 0. The Morgan fingerprint density at radius 3 is 2.38 bits per heavy atom. The molecule has 0 saturated carbocycles. The van der Waals surface area contributed by atoms with E-state index in [0.717, 1.165) is 31.5 Å². The molecule has 2 aliphatic heterocycles. The van der Waals surface area contributed by atoms with Crippen LogP contribution >= 0.6 is 0 Å². The van der Waals surface area contributed by atoms with E-state index in [-0.39, 0.29) is 23.8 Å². The lowest BCUT2D eigenvalue weighted by Gasteiger charge is -2.27. The first-order chi connectivity index (χ1) is 10.1. The van der Waals surface area contributed by atoms with Gasteiger partial charge < -0.3 is 9.80 Å². The summed E-state index contributed by atoms with van der Waals surface area (Å²) in [4.78, 5) is 28.5. The lowest BCUT2D eigenvalue weighted by atomic mass is 9.92. The van der Waals surface area contributed by atoms with Gasteiger partial charge in [0.25, 0.3) is 0 Å². The molecule has 0 aliphatic carbocycles. The second-order valence-electron chi connectivity index (χ2n) is 6.20. The molecule has 0 bridgehead atoms. The van der Waals surface area contributed by atoms with E-state index in [4.69, 9.17) is 0 Å². The summed E-state index contributed by atoms with van der Waals surface area (Å²) >= 11 is 0. The summed E-state index contributed by atoms with van der Waals surface area (Å²) in [5, 5.41) is 0. The van der Waals surface area contributed by atoms with E-state index in [1.807, 2.05) is 43.1 Å². The first-order valence-electron chi connectivity index (χ1n) is 7.69. The molecular formula is C17H22N2O2. The minimum absolute atomic E-state index is 0.0677. The van der Waals surface area contributed by atoms with Gasteiger partial charge in [0, 0.05) is 26.6 Å². The quantitative estimate of drug-likeness (QED) is 0.835. The van der Waals surface area contributed by atoms with Crippen molar-refractivity contribution in [3.05, 3.63) is 35.4 Å². The number of carbonyl (C=O) groups is 2. The van der Waals surface area contributed by atoms with Gasteiger partial charge in [0.05, 0.1) is 12.0 Å². The maximum atomic E-state index is 12.7. The van der Waals surface area contributed by atoms with Crippen LogP contribution < -0.4 is 0 Å². The lowest BCUT2D eigenvalue weighted by Crippen LogP contribution is -2.36. The Morgan fingerprint density at radius 2 is 1.76 bits per heavy atom. The lowest BCUT2D eigenvalue weighted by molar-refractivity contribution is -0.135. The smallest absolute Gasteiger partial charge is 0.228 e. The van der Waals surface area contributed by atoms with E-state index in [1.54, 1.807) is 4.90 Å². The Morgan fingerprint density at radius 1 is 1.14 bits per heavy atom. The molecule has 2 aliphatic rings. The summed E-state index contributed by atoms with van der Waals surface area (Å²) in [7, 11) is 1.81. The van der Waals surface area contributed by atoms with Crippen LogP contribution in [-0.4, -0.2) is 41.8 Å². The van der Waals surface area contributed by atoms with Crippen LogP contribution in [0.2, 0.25) is 0 Å². The Hall–Kier alpha value is -1.84. The third-order valence-electron chi connectivity index (χ3n) is 4.74. The molecule has 2 amide bonds. The molecule has 1 aromatic carbocycles. The number of rotatable bonds is 2. The number of hydrogen-bond acceptors (Lipinski definition) is 2. The number of carbonyl (C=O) groups excluding carboxylic acids is 2. The van der Waals surface area contributed by atoms with Crippen LogP contribution in [-0.2, 0) is 9.59 Å². The average molecular weight is 286 g/mol. The number of aryl methyl sites for hydroxylation is 1. The van der Waals surface area contributed by atoms with E-state index < -0.39 is 0 Å². The van der Waals surface area contributed by atoms with Gasteiger partial charge in [0.1, 0.15) is 0 Å². The molecule has 2 heterocycles. The zero-order valence-corrected chi connectivity index (χ0v) is 12.7. The number of likely N-dealkylation sites (tertiary alicyclic amines) is 2. The maximum Gasteiger partial charge on any atom is 0.228 e. The van der Waals surface area contributed by atoms with Crippen molar-refractivity contribution in [2.24, 2.45) is 5.92 Å². The number of nitrogens with zero attached hydrogens (tertiary/aromatic N) is 2. The summed E-state index contributed by atoms with van der Waals surface area (Å²) < 4.78 is 0. The molecule has 0 spiro atoms. The van der Waals surface area contributed by atoms with Crippen molar-refractivity contribution >= 4 is 11.8 Å². The Balaban J connectivity index is 1.88. The van der Waals surface area contributed by atoms with Gasteiger partial charge in [-0.2, -0.15) is 0 Å². The average Bonchev–Trinajstić information content (AvgIpc) is 3.09. The molecule has 4 nitrogen and oxygen atoms in total. The van der Waals surface area contributed by atoms with Gasteiger partial charge in [0.2, 0.25) is 11.8 Å². The van der Waals surface area contributed by atoms with Crippen LogP contribution in [0.1, 0.15) is 36.4 Å². The van der Waals surface area contributed by atoms with Crippen LogP contribution in [0.25, 0.3) is 0 Å². The third kappa shape index (κ3) is 2.55. The summed E-state index contributed by atoms with van der Waals surface area (Å²) in [6.07, 6.45) is 2.50. The highest BCUT2D eigenvalue weighted by Gasteiger charge is 2.44. The van der Waals surface area contributed by atoms with E-state index in [2.05, 4.69) is 0 Å². The second-order valence-corrected chi connectivity index (χ2v) is 6.20. The largest absolute Gasteiger partial charge is 0.342 e. The molecule has 0 N–H and O–H groups in total. The van der Waals surface area contributed by atoms with Gasteiger partial charge in [0.15, 0.2) is 0 Å². The standard InChI is InChI=1S/C17H22N2O2/c1-12-5-7-13(8-6-12)16-14(11-15(20)18(16)2)17(21)19-9-3-4-10-19/h5-8,14,16H,3-4,9-11H2,1-2H3/t14-,16+/m1/s1. The minimum Gasteiger partial charge on any atom is -0.342 e. The highest BCUT2D eigenvalue weighted by molar-refractivity contribution is 5.90. The highest BCUT2D eigenvalue weighted by atomic mass is 16.2. The molecule has 21 heavy (non-hydrogen) atoms. The molecular weight excluding hydrogens is 264 g/mol. The summed E-state index contributed by atoms with van der Waals surface area (Å²) in [5.74, 6) is -0.0165. The van der Waals surface area contributed by atoms with Crippen LogP contribution in [0, 0.1) is 12.8 Å². The predicted molar refractivity (Wildman–Crippen MR) is 80.6 cm³/mol. The molecule has 112 valence electrons. The normalized spacial score (nSPS) is 25.7. The maximum absolute atomic E-state index is 12.7. The first-order valence-corrected chi connectivity index (χ1v) is 7.69. The van der Waals surface area contributed by atoms with Crippen molar-refractivity contribution in [3.63, 3.8) is 0 Å². The number of amides is 2. The van der Waals surface area contributed by atoms with Gasteiger partial charge in [-0.25, -0.2) is 0 Å². The summed E-state index contributed by atoms with van der Waals surface area (Å²) in [5.41, 5.74) is 2.25. The molecule has 2 saturated heterocycles. The van der Waals surface area contributed by atoms with Crippen LogP contribution in [0.15, 0.2) is 24.3 Å². The van der Waals surface area contributed by atoms with Crippen LogP contribution in [0.3, 0.4) is 0 Å². The van der Waals surface area contributed by atoms with Gasteiger partial charge in [-0.05, 0) is 25.3 Å². The number of benzene rings is 1. The van der Waals surface area contributed by atoms with E-state index in [9.17, 15) is 9.59 Å². The Labute approximate surface area is 125 Å². The molecule has 0 radical (unpaired) electrons. The highest BCUT2D eigenvalue weighted by Crippen LogP contribution is 2.38. The summed E-state index contributed by atoms with van der Waals surface area (Å²) in [6, 6.07) is 8.05. The molecule has 1 aromatic rings. The monoisotopic (exact) mass is 286 g/mol. The first kappa shape index (κ1) is 14.1. The molecule has 4 heteroatoms. The molecule has 3 rings (SSSR count). The molecule has 2 atom stereocenters. The fraction of sp³-hybridized carbons (Fsp3) is 0.529. The van der Waals surface area contributed by atoms with Crippen molar-refractivity contribution in [1.29, 1.82) is 0 Å². The van der Waals surface area contributed by atoms with Crippen LogP contribution in [0.4, 0.5) is 0 Å². The van der Waals surface area contributed by atoms with Crippen molar-refractivity contribution < 1.29 is 9.59 Å². The van der Waals surface area contributed by atoms with Crippen molar-refractivity contribution in [3.8, 4) is 0 Å². The predicted octanol–water partition coefficient (Wildman–Crippen LogP) is 2.14. The second kappa shape index (κ2) is 5.51. The minimum atomic E-state index is -0.233. The Bertz CT molecular complexity index is 546. The molecule has 0 aromatic heterocycles. The zero-order valence-electron chi connectivity index (χ0n) is 12.7. The molecule has 2 fully saturated rings. The fourth-order valence-electron chi connectivity index (χ4n) is 3.48. The van der Waals surface area contributed by atoms with E-state index >= 15 is 0 Å². The van der Waals surface area contributed by atoms with Gasteiger partial charge in [-0.1, -0.05) is 29.8 Å². The zero-order chi connectivity index (χ0) is 15.0. The van der Waals surface area contributed by atoms with Gasteiger partial charge >= 0.3 is 0 Å². The Kier molecular flexibility index (Phi) is 3.70.